The van der Waals surface area contributed by atoms with Crippen LogP contribution in [-0.4, -0.2) is 46.6 Å². The standard InChI is InChI=1S/C19H25N5O/c1-12(2)21-19(25)24-15-8-9-23(11-15)17-7-6-16(22-18(17)24)14-5-4-13(3)20-10-14/h4-7,10,12,15,19,21,25H,8-9,11H2,1-3H3/t15-,19?/m0/s1. The van der Waals surface area contributed by atoms with E-state index in [2.05, 4.69) is 21.3 Å². The summed E-state index contributed by atoms with van der Waals surface area (Å²) in [6, 6.07) is 8.69. The van der Waals surface area contributed by atoms with Crippen LogP contribution in [0.1, 0.15) is 26.0 Å². The largest absolute Gasteiger partial charge is 0.366 e. The summed E-state index contributed by atoms with van der Waals surface area (Å²) in [6.45, 7) is 8.01. The quantitative estimate of drug-likeness (QED) is 0.832. The Morgan fingerprint density at radius 3 is 2.80 bits per heavy atom. The highest BCUT2D eigenvalue weighted by molar-refractivity contribution is 5.75. The highest BCUT2D eigenvalue weighted by atomic mass is 16.3. The SMILES string of the molecule is Cc1ccc(-c2ccc3c(n2)N(C(O)NC(C)C)[C@H]2CCN3C2)cn1. The van der Waals surface area contributed by atoms with Gasteiger partial charge in [-0.15, -0.1) is 0 Å². The number of aliphatic hydroxyl groups is 1. The van der Waals surface area contributed by atoms with E-state index in [4.69, 9.17) is 4.98 Å². The molecule has 6 heteroatoms. The Balaban J connectivity index is 1.75. The molecular formula is C19H25N5O. The van der Waals surface area contributed by atoms with Crippen LogP contribution in [-0.2, 0) is 0 Å². The Hall–Kier alpha value is -2.18. The summed E-state index contributed by atoms with van der Waals surface area (Å²) >= 11 is 0. The molecule has 25 heavy (non-hydrogen) atoms. The number of aryl methyl sites for hydroxylation is 1. The first-order valence-corrected chi connectivity index (χ1v) is 8.94. The lowest BCUT2D eigenvalue weighted by molar-refractivity contribution is 0.113. The number of hydrogen-bond donors (Lipinski definition) is 2. The van der Waals surface area contributed by atoms with Gasteiger partial charge in [0.25, 0.3) is 0 Å². The first kappa shape index (κ1) is 16.3. The van der Waals surface area contributed by atoms with E-state index in [-0.39, 0.29) is 12.1 Å². The zero-order chi connectivity index (χ0) is 17.6. The third-order valence-electron chi connectivity index (χ3n) is 4.95. The Labute approximate surface area is 148 Å². The van der Waals surface area contributed by atoms with Gasteiger partial charge in [-0.2, -0.15) is 0 Å². The molecule has 1 fully saturated rings. The van der Waals surface area contributed by atoms with Crippen molar-refractivity contribution in [3.8, 4) is 11.3 Å². The molecular weight excluding hydrogens is 314 g/mol. The molecule has 6 nitrogen and oxygen atoms in total. The van der Waals surface area contributed by atoms with Crippen LogP contribution in [0.15, 0.2) is 30.5 Å². The second kappa shape index (κ2) is 6.28. The van der Waals surface area contributed by atoms with Gasteiger partial charge < -0.3 is 14.9 Å². The van der Waals surface area contributed by atoms with Crippen LogP contribution in [0.2, 0.25) is 0 Å². The van der Waals surface area contributed by atoms with Gasteiger partial charge in [0.2, 0.25) is 0 Å². The summed E-state index contributed by atoms with van der Waals surface area (Å²) < 4.78 is 0. The minimum Gasteiger partial charge on any atom is -0.366 e. The normalized spacial score (nSPS) is 20.1. The van der Waals surface area contributed by atoms with Crippen molar-refractivity contribution >= 4 is 11.5 Å². The molecule has 4 rings (SSSR count). The van der Waals surface area contributed by atoms with Crippen LogP contribution in [0.5, 0.6) is 0 Å². The van der Waals surface area contributed by atoms with Gasteiger partial charge in [0.15, 0.2) is 12.2 Å². The number of nitrogens with one attached hydrogen (secondary N) is 1. The molecule has 2 bridgehead atoms. The number of pyridine rings is 2. The summed E-state index contributed by atoms with van der Waals surface area (Å²) in [5.41, 5.74) is 3.97. The molecule has 2 N–H and O–H groups in total. The molecule has 2 aromatic rings. The maximum Gasteiger partial charge on any atom is 0.185 e. The smallest absolute Gasteiger partial charge is 0.185 e. The lowest BCUT2D eigenvalue weighted by Gasteiger charge is -2.40. The van der Waals surface area contributed by atoms with Crippen LogP contribution in [0.25, 0.3) is 11.3 Å². The van der Waals surface area contributed by atoms with Gasteiger partial charge in [-0.05, 0) is 51.5 Å². The van der Waals surface area contributed by atoms with Crippen LogP contribution in [0.4, 0.5) is 11.5 Å². The number of rotatable bonds is 4. The third-order valence-corrected chi connectivity index (χ3v) is 4.95. The van der Waals surface area contributed by atoms with Gasteiger partial charge >= 0.3 is 0 Å². The average molecular weight is 339 g/mol. The van der Waals surface area contributed by atoms with Gasteiger partial charge in [-0.3, -0.25) is 10.3 Å². The number of aliphatic hydroxyl groups excluding tert-OH is 1. The average Bonchev–Trinajstić information content (AvgIpc) is 2.99. The van der Waals surface area contributed by atoms with Crippen LogP contribution in [0.3, 0.4) is 0 Å². The topological polar surface area (TPSA) is 64.5 Å². The molecule has 2 atom stereocenters. The van der Waals surface area contributed by atoms with Gasteiger partial charge in [0.05, 0.1) is 17.4 Å². The lowest BCUT2D eigenvalue weighted by atomic mass is 10.1. The zero-order valence-corrected chi connectivity index (χ0v) is 15.0. The Bertz CT molecular complexity index is 761. The van der Waals surface area contributed by atoms with E-state index in [9.17, 15) is 5.11 Å². The fraction of sp³-hybridized carbons (Fsp3) is 0.474. The minimum absolute atomic E-state index is 0.197. The maximum absolute atomic E-state index is 10.8. The molecule has 2 aliphatic heterocycles. The number of aromatic nitrogens is 2. The maximum atomic E-state index is 10.8. The Kier molecular flexibility index (Phi) is 4.09. The zero-order valence-electron chi connectivity index (χ0n) is 15.0. The number of hydrogen-bond acceptors (Lipinski definition) is 6. The Morgan fingerprint density at radius 1 is 1.24 bits per heavy atom. The van der Waals surface area contributed by atoms with E-state index < -0.39 is 6.35 Å². The second-order valence-corrected chi connectivity index (χ2v) is 7.22. The van der Waals surface area contributed by atoms with E-state index in [1.54, 1.807) is 0 Å². The van der Waals surface area contributed by atoms with Gasteiger partial charge in [0.1, 0.15) is 0 Å². The Morgan fingerprint density at radius 2 is 2.08 bits per heavy atom. The van der Waals surface area contributed by atoms with Crippen molar-refractivity contribution in [1.82, 2.24) is 15.3 Å². The molecule has 0 saturated carbocycles. The third kappa shape index (κ3) is 2.96. The fourth-order valence-corrected chi connectivity index (χ4v) is 3.71. The molecule has 0 aromatic carbocycles. The second-order valence-electron chi connectivity index (χ2n) is 7.22. The summed E-state index contributed by atoms with van der Waals surface area (Å²) in [7, 11) is 0. The molecule has 132 valence electrons. The predicted octanol–water partition coefficient (Wildman–Crippen LogP) is 2.12. The van der Waals surface area contributed by atoms with Crippen molar-refractivity contribution in [1.29, 1.82) is 0 Å². The van der Waals surface area contributed by atoms with Crippen molar-refractivity contribution in [2.24, 2.45) is 0 Å². The number of anilines is 2. The molecule has 1 unspecified atom stereocenters. The van der Waals surface area contributed by atoms with Gasteiger partial charge in [-0.1, -0.05) is 0 Å². The molecule has 1 saturated heterocycles. The summed E-state index contributed by atoms with van der Waals surface area (Å²) in [6.07, 6.45) is 2.16. The van der Waals surface area contributed by atoms with Crippen LogP contribution >= 0.6 is 0 Å². The molecule has 0 amide bonds. The molecule has 0 spiro atoms. The van der Waals surface area contributed by atoms with Crippen molar-refractivity contribution in [3.05, 3.63) is 36.2 Å². The predicted molar refractivity (Wildman–Crippen MR) is 99.6 cm³/mol. The first-order chi connectivity index (χ1) is 12.0. The highest BCUT2D eigenvalue weighted by Gasteiger charge is 2.40. The van der Waals surface area contributed by atoms with Crippen LogP contribution in [0, 0.1) is 6.92 Å². The molecule has 4 heterocycles. The summed E-state index contributed by atoms with van der Waals surface area (Å²) in [5.74, 6) is 0.854. The molecule has 0 aliphatic carbocycles. The summed E-state index contributed by atoms with van der Waals surface area (Å²) in [5, 5.41) is 14.0. The van der Waals surface area contributed by atoms with E-state index in [1.165, 1.54) is 0 Å². The summed E-state index contributed by atoms with van der Waals surface area (Å²) in [4.78, 5) is 13.7. The van der Waals surface area contributed by atoms with Crippen molar-refractivity contribution in [2.75, 3.05) is 22.9 Å². The molecule has 2 aromatic heterocycles. The van der Waals surface area contributed by atoms with E-state index in [0.717, 1.165) is 48.0 Å². The number of nitrogens with zero attached hydrogens (tertiary/aromatic N) is 4. The van der Waals surface area contributed by atoms with Crippen LogP contribution < -0.4 is 15.1 Å². The first-order valence-electron chi connectivity index (χ1n) is 8.94. The van der Waals surface area contributed by atoms with E-state index in [0.29, 0.717) is 0 Å². The van der Waals surface area contributed by atoms with Gasteiger partial charge in [-0.25, -0.2) is 4.98 Å². The monoisotopic (exact) mass is 339 g/mol. The minimum atomic E-state index is -0.733. The lowest BCUT2D eigenvalue weighted by Crippen LogP contribution is -2.55. The van der Waals surface area contributed by atoms with Gasteiger partial charge in [0, 0.05) is 36.6 Å². The van der Waals surface area contributed by atoms with Crippen molar-refractivity contribution in [2.45, 2.75) is 45.6 Å². The fourth-order valence-electron chi connectivity index (χ4n) is 3.71. The highest BCUT2D eigenvalue weighted by Crippen LogP contribution is 2.40. The van der Waals surface area contributed by atoms with E-state index in [1.807, 2.05) is 50.1 Å². The van der Waals surface area contributed by atoms with Crippen molar-refractivity contribution in [3.63, 3.8) is 0 Å². The van der Waals surface area contributed by atoms with Crippen molar-refractivity contribution < 1.29 is 5.11 Å². The molecule has 0 radical (unpaired) electrons. The van der Waals surface area contributed by atoms with E-state index >= 15 is 0 Å². The number of fused-ring (bicyclic) bond motifs is 4. The molecule has 2 aliphatic rings.